The Morgan fingerprint density at radius 2 is 2.17 bits per heavy atom. The molecule has 1 amide bonds. The molecule has 1 aliphatic heterocycles. The molecule has 0 aromatic heterocycles. The lowest BCUT2D eigenvalue weighted by atomic mass is 10.1. The molecule has 5 heteroatoms. The van der Waals surface area contributed by atoms with Gasteiger partial charge >= 0.3 is 0 Å². The van der Waals surface area contributed by atoms with Gasteiger partial charge in [-0.1, -0.05) is 0 Å². The molecule has 1 aromatic rings. The fraction of sp³-hybridized carbons (Fsp3) is 0.462. The average Bonchev–Trinajstić information content (AvgIpc) is 2.33. The molecule has 0 spiro atoms. The summed E-state index contributed by atoms with van der Waals surface area (Å²) in [6.45, 7) is 5.20. The third-order valence-electron chi connectivity index (χ3n) is 3.10. The average molecular weight is 251 g/mol. The first kappa shape index (κ1) is 13.0. The molecule has 1 heterocycles. The minimum absolute atomic E-state index is 0.0934. The second-order valence-corrected chi connectivity index (χ2v) is 4.72. The van der Waals surface area contributed by atoms with Crippen LogP contribution < -0.4 is 16.0 Å². The molecule has 0 bridgehead atoms. The predicted octanol–water partition coefficient (Wildman–Crippen LogP) is 1.02. The van der Waals surface area contributed by atoms with Gasteiger partial charge in [0.25, 0.3) is 0 Å². The normalized spacial score (nSPS) is 23.7. The SMILES string of the molecule is Cc1cc(F)ccc1NC(=O)C1CNC(C)CN1. The molecule has 4 nitrogen and oxygen atoms in total. The number of halogens is 1. The van der Waals surface area contributed by atoms with E-state index in [0.29, 0.717) is 18.3 Å². The van der Waals surface area contributed by atoms with Crippen LogP contribution in [0.25, 0.3) is 0 Å². The maximum Gasteiger partial charge on any atom is 0.242 e. The number of piperazine rings is 1. The summed E-state index contributed by atoms with van der Waals surface area (Å²) in [5.41, 5.74) is 1.38. The molecule has 1 saturated heterocycles. The Morgan fingerprint density at radius 1 is 1.39 bits per heavy atom. The number of amides is 1. The molecule has 0 saturated carbocycles. The van der Waals surface area contributed by atoms with Crippen molar-refractivity contribution in [2.75, 3.05) is 18.4 Å². The van der Waals surface area contributed by atoms with Crippen LogP contribution in [0.5, 0.6) is 0 Å². The molecule has 3 N–H and O–H groups in total. The molecule has 0 radical (unpaired) electrons. The fourth-order valence-corrected chi connectivity index (χ4v) is 1.95. The van der Waals surface area contributed by atoms with Crippen LogP contribution in [0.1, 0.15) is 12.5 Å². The first-order valence-corrected chi connectivity index (χ1v) is 6.10. The van der Waals surface area contributed by atoms with Gasteiger partial charge in [0.2, 0.25) is 5.91 Å². The van der Waals surface area contributed by atoms with E-state index in [1.54, 1.807) is 13.0 Å². The summed E-state index contributed by atoms with van der Waals surface area (Å²) < 4.78 is 12.9. The van der Waals surface area contributed by atoms with Crippen molar-refractivity contribution < 1.29 is 9.18 Å². The van der Waals surface area contributed by atoms with Crippen LogP contribution in [-0.2, 0) is 4.79 Å². The number of carbonyl (C=O) groups is 1. The van der Waals surface area contributed by atoms with Crippen molar-refractivity contribution in [3.05, 3.63) is 29.6 Å². The predicted molar refractivity (Wildman–Crippen MR) is 69.0 cm³/mol. The van der Waals surface area contributed by atoms with E-state index in [1.807, 2.05) is 0 Å². The van der Waals surface area contributed by atoms with E-state index in [0.717, 1.165) is 12.1 Å². The number of benzene rings is 1. The highest BCUT2D eigenvalue weighted by atomic mass is 19.1. The van der Waals surface area contributed by atoms with Gasteiger partial charge in [-0.2, -0.15) is 0 Å². The van der Waals surface area contributed by atoms with Crippen LogP contribution in [0.3, 0.4) is 0 Å². The zero-order valence-electron chi connectivity index (χ0n) is 10.6. The highest BCUT2D eigenvalue weighted by Gasteiger charge is 2.23. The van der Waals surface area contributed by atoms with Gasteiger partial charge in [-0.3, -0.25) is 4.79 Å². The number of rotatable bonds is 2. The minimum Gasteiger partial charge on any atom is -0.324 e. The lowest BCUT2D eigenvalue weighted by Crippen LogP contribution is -2.57. The van der Waals surface area contributed by atoms with E-state index in [4.69, 9.17) is 0 Å². The molecule has 18 heavy (non-hydrogen) atoms. The van der Waals surface area contributed by atoms with E-state index in [1.165, 1.54) is 12.1 Å². The molecule has 1 fully saturated rings. The molecule has 2 atom stereocenters. The number of hydrogen-bond acceptors (Lipinski definition) is 3. The van der Waals surface area contributed by atoms with Crippen molar-refractivity contribution in [3.8, 4) is 0 Å². The Kier molecular flexibility index (Phi) is 3.93. The Morgan fingerprint density at radius 3 is 2.78 bits per heavy atom. The van der Waals surface area contributed by atoms with Crippen LogP contribution >= 0.6 is 0 Å². The van der Waals surface area contributed by atoms with Crippen molar-refractivity contribution >= 4 is 11.6 Å². The Balaban J connectivity index is 1.98. The van der Waals surface area contributed by atoms with E-state index in [9.17, 15) is 9.18 Å². The minimum atomic E-state index is -0.295. The van der Waals surface area contributed by atoms with Crippen molar-refractivity contribution in [2.45, 2.75) is 25.9 Å². The molecular formula is C13H18FN3O. The molecular weight excluding hydrogens is 233 g/mol. The number of nitrogens with one attached hydrogen (secondary N) is 3. The van der Waals surface area contributed by atoms with Gasteiger partial charge in [-0.05, 0) is 37.6 Å². The summed E-state index contributed by atoms with van der Waals surface area (Å²) in [5, 5.41) is 9.22. The zero-order valence-corrected chi connectivity index (χ0v) is 10.6. The first-order chi connectivity index (χ1) is 8.56. The number of carbonyl (C=O) groups excluding carboxylic acids is 1. The van der Waals surface area contributed by atoms with Crippen molar-refractivity contribution in [1.82, 2.24) is 10.6 Å². The Hall–Kier alpha value is -1.46. The van der Waals surface area contributed by atoms with Crippen LogP contribution in [-0.4, -0.2) is 31.1 Å². The first-order valence-electron chi connectivity index (χ1n) is 6.10. The third-order valence-corrected chi connectivity index (χ3v) is 3.10. The van der Waals surface area contributed by atoms with Gasteiger partial charge in [-0.15, -0.1) is 0 Å². The lowest BCUT2D eigenvalue weighted by molar-refractivity contribution is -0.118. The maximum atomic E-state index is 12.9. The number of hydrogen-bond donors (Lipinski definition) is 3. The standard InChI is InChI=1S/C13H18FN3O/c1-8-5-10(14)3-4-11(8)17-13(18)12-7-15-9(2)6-16-12/h3-5,9,12,15-16H,6-7H2,1-2H3,(H,17,18). The van der Waals surface area contributed by atoms with Crippen molar-refractivity contribution in [1.29, 1.82) is 0 Å². The van der Waals surface area contributed by atoms with Crippen LogP contribution in [0.4, 0.5) is 10.1 Å². The quantitative estimate of drug-likeness (QED) is 0.735. The smallest absolute Gasteiger partial charge is 0.242 e. The highest BCUT2D eigenvalue weighted by Crippen LogP contribution is 2.15. The largest absolute Gasteiger partial charge is 0.324 e. The van der Waals surface area contributed by atoms with E-state index in [2.05, 4.69) is 22.9 Å². The summed E-state index contributed by atoms with van der Waals surface area (Å²) in [5.74, 6) is -0.388. The van der Waals surface area contributed by atoms with Crippen molar-refractivity contribution in [3.63, 3.8) is 0 Å². The second-order valence-electron chi connectivity index (χ2n) is 4.72. The van der Waals surface area contributed by atoms with Gasteiger partial charge in [0.05, 0.1) is 6.04 Å². The number of aryl methyl sites for hydroxylation is 1. The van der Waals surface area contributed by atoms with E-state index >= 15 is 0 Å². The van der Waals surface area contributed by atoms with Gasteiger partial charge in [0, 0.05) is 24.8 Å². The molecule has 1 aromatic carbocycles. The van der Waals surface area contributed by atoms with Gasteiger partial charge in [0.15, 0.2) is 0 Å². The Labute approximate surface area is 106 Å². The van der Waals surface area contributed by atoms with Gasteiger partial charge in [-0.25, -0.2) is 4.39 Å². The zero-order chi connectivity index (χ0) is 13.1. The summed E-state index contributed by atoms with van der Waals surface area (Å²) in [6.07, 6.45) is 0. The van der Waals surface area contributed by atoms with Crippen LogP contribution in [0.15, 0.2) is 18.2 Å². The second kappa shape index (κ2) is 5.46. The fourth-order valence-electron chi connectivity index (χ4n) is 1.95. The monoisotopic (exact) mass is 251 g/mol. The third kappa shape index (κ3) is 3.05. The van der Waals surface area contributed by atoms with Crippen LogP contribution in [0.2, 0.25) is 0 Å². The van der Waals surface area contributed by atoms with Gasteiger partial charge in [0.1, 0.15) is 5.82 Å². The summed E-state index contributed by atoms with van der Waals surface area (Å²) >= 11 is 0. The number of anilines is 1. The molecule has 2 unspecified atom stereocenters. The summed E-state index contributed by atoms with van der Waals surface area (Å²) in [6, 6.07) is 4.47. The molecule has 98 valence electrons. The van der Waals surface area contributed by atoms with Crippen LogP contribution in [0, 0.1) is 12.7 Å². The molecule has 1 aliphatic rings. The van der Waals surface area contributed by atoms with E-state index in [-0.39, 0.29) is 17.8 Å². The molecule has 2 rings (SSSR count). The topological polar surface area (TPSA) is 53.2 Å². The lowest BCUT2D eigenvalue weighted by Gasteiger charge is -2.28. The van der Waals surface area contributed by atoms with Gasteiger partial charge < -0.3 is 16.0 Å². The maximum absolute atomic E-state index is 12.9. The summed E-state index contributed by atoms with van der Waals surface area (Å²) in [4.78, 5) is 12.0. The summed E-state index contributed by atoms with van der Waals surface area (Å²) in [7, 11) is 0. The van der Waals surface area contributed by atoms with Crippen molar-refractivity contribution in [2.24, 2.45) is 0 Å². The van der Waals surface area contributed by atoms with E-state index < -0.39 is 0 Å². The Bertz CT molecular complexity index is 442. The molecule has 0 aliphatic carbocycles. The highest BCUT2D eigenvalue weighted by molar-refractivity contribution is 5.95.